The van der Waals surface area contributed by atoms with Crippen molar-refractivity contribution in [2.75, 3.05) is 20.0 Å². The van der Waals surface area contributed by atoms with Crippen molar-refractivity contribution in [1.29, 1.82) is 5.26 Å². The highest BCUT2D eigenvalue weighted by atomic mass is 16.5. The largest absolute Gasteiger partial charge is 0.497 e. The number of anilines is 1. The van der Waals surface area contributed by atoms with E-state index >= 15 is 0 Å². The van der Waals surface area contributed by atoms with Gasteiger partial charge in [-0.1, -0.05) is 0 Å². The van der Waals surface area contributed by atoms with Crippen LogP contribution in [0.25, 0.3) is 0 Å². The number of aliphatic imine (C=N–C) groups is 1. The molecule has 0 aliphatic rings. The number of hydrogen-bond donors (Lipinski definition) is 1. The molecule has 1 heterocycles. The zero-order chi connectivity index (χ0) is 18.6. The fourth-order valence-electron chi connectivity index (χ4n) is 2.17. The Morgan fingerprint density at radius 3 is 2.60 bits per heavy atom. The Morgan fingerprint density at radius 2 is 2.08 bits per heavy atom. The van der Waals surface area contributed by atoms with E-state index in [4.69, 9.17) is 20.5 Å². The molecule has 130 valence electrons. The lowest BCUT2D eigenvalue weighted by molar-refractivity contribution is 0.105. The molecule has 1 aromatic heterocycles. The van der Waals surface area contributed by atoms with Gasteiger partial charge in [-0.3, -0.25) is 9.79 Å². The van der Waals surface area contributed by atoms with Gasteiger partial charge in [0.1, 0.15) is 28.9 Å². The molecule has 0 saturated carbocycles. The van der Waals surface area contributed by atoms with Crippen molar-refractivity contribution in [3.8, 4) is 17.6 Å². The summed E-state index contributed by atoms with van der Waals surface area (Å²) in [5.74, 6) is 0.542. The predicted octanol–water partition coefficient (Wildman–Crippen LogP) is 1.89. The number of Topliss-reactive ketones (excluding diaryl/α,β-unsaturated/α-hetero) is 1. The summed E-state index contributed by atoms with van der Waals surface area (Å²) in [6.45, 7) is 3.65. The maximum absolute atomic E-state index is 13.1. The molecule has 0 aliphatic carbocycles. The van der Waals surface area contributed by atoms with E-state index in [0.717, 1.165) is 0 Å². The lowest BCUT2D eigenvalue weighted by Crippen LogP contribution is -2.27. The highest BCUT2D eigenvalue weighted by Gasteiger charge is 2.24. The molecule has 8 heteroatoms. The Bertz CT molecular complexity index is 862. The number of benzene rings is 1. The lowest BCUT2D eigenvalue weighted by atomic mass is 10.1. The number of methoxy groups -OCH3 is 2. The Hall–Kier alpha value is -3.34. The maximum Gasteiger partial charge on any atom is 0.233 e. The third-order valence-electron chi connectivity index (χ3n) is 3.36. The summed E-state index contributed by atoms with van der Waals surface area (Å²) in [6, 6.07) is 6.58. The molecule has 0 unspecified atom stereocenters. The van der Waals surface area contributed by atoms with Crippen LogP contribution in [0.15, 0.2) is 29.4 Å². The Balaban J connectivity index is 2.58. The highest BCUT2D eigenvalue weighted by molar-refractivity contribution is 6.46. The van der Waals surface area contributed by atoms with Crippen molar-refractivity contribution < 1.29 is 14.3 Å². The molecule has 0 radical (unpaired) electrons. The van der Waals surface area contributed by atoms with Crippen molar-refractivity contribution in [3.63, 3.8) is 0 Å². The van der Waals surface area contributed by atoms with E-state index < -0.39 is 5.78 Å². The van der Waals surface area contributed by atoms with Gasteiger partial charge in [-0.25, -0.2) is 0 Å². The molecule has 8 nitrogen and oxygen atoms in total. The van der Waals surface area contributed by atoms with Crippen LogP contribution >= 0.6 is 0 Å². The van der Waals surface area contributed by atoms with Crippen LogP contribution in [0.1, 0.15) is 29.8 Å². The number of hydrogen-bond acceptors (Lipinski definition) is 7. The van der Waals surface area contributed by atoms with Gasteiger partial charge in [-0.05, 0) is 26.0 Å². The van der Waals surface area contributed by atoms with Gasteiger partial charge in [0.15, 0.2) is 5.84 Å². The number of ether oxygens (including phenoxy) is 2. The minimum Gasteiger partial charge on any atom is -0.497 e. The molecule has 2 N–H and O–H groups in total. The molecule has 0 amide bonds. The van der Waals surface area contributed by atoms with Gasteiger partial charge in [0.05, 0.1) is 26.0 Å². The number of rotatable bonds is 5. The van der Waals surface area contributed by atoms with Gasteiger partial charge in [0.25, 0.3) is 0 Å². The quantitative estimate of drug-likeness (QED) is 0.504. The standard InChI is InChI=1S/C17H19N5O3/c1-10(2)21-17(22-16(19)11(8-18)9-20-22)15(23)13-6-5-12(24-3)7-14(13)25-4/h5-7,9-10H,19H2,1-4H3/b21-17+. The molecule has 0 fully saturated rings. The van der Waals surface area contributed by atoms with E-state index in [1.165, 1.54) is 25.1 Å². The van der Waals surface area contributed by atoms with Gasteiger partial charge in [0.2, 0.25) is 5.78 Å². The van der Waals surface area contributed by atoms with Gasteiger partial charge >= 0.3 is 0 Å². The number of nitrogens with zero attached hydrogens (tertiary/aromatic N) is 4. The summed E-state index contributed by atoms with van der Waals surface area (Å²) in [6.07, 6.45) is 1.30. The van der Waals surface area contributed by atoms with Gasteiger partial charge in [0, 0.05) is 12.1 Å². The van der Waals surface area contributed by atoms with Crippen LogP contribution in [-0.2, 0) is 0 Å². The Morgan fingerprint density at radius 1 is 1.36 bits per heavy atom. The van der Waals surface area contributed by atoms with Crippen LogP contribution in [0.2, 0.25) is 0 Å². The number of carbonyl (C=O) groups is 1. The van der Waals surface area contributed by atoms with Crippen LogP contribution in [0.4, 0.5) is 5.82 Å². The molecule has 0 atom stereocenters. The zero-order valence-corrected chi connectivity index (χ0v) is 14.5. The fraction of sp³-hybridized carbons (Fsp3) is 0.294. The molecule has 0 aliphatic heterocycles. The van der Waals surface area contributed by atoms with E-state index in [2.05, 4.69) is 10.1 Å². The minimum atomic E-state index is -0.424. The number of carbonyl (C=O) groups excluding carboxylic acids is 1. The van der Waals surface area contributed by atoms with Crippen LogP contribution < -0.4 is 15.2 Å². The second kappa shape index (κ2) is 7.49. The molecule has 0 spiro atoms. The third kappa shape index (κ3) is 3.61. The van der Waals surface area contributed by atoms with Crippen molar-refractivity contribution in [2.24, 2.45) is 4.99 Å². The predicted molar refractivity (Wildman–Crippen MR) is 93.2 cm³/mol. The van der Waals surface area contributed by atoms with Gasteiger partial charge < -0.3 is 15.2 Å². The first-order chi connectivity index (χ1) is 11.9. The topological polar surface area (TPSA) is 116 Å². The van der Waals surface area contributed by atoms with Crippen molar-refractivity contribution >= 4 is 17.4 Å². The first kappa shape index (κ1) is 18.0. The summed E-state index contributed by atoms with van der Waals surface area (Å²) in [4.78, 5) is 17.4. The fourth-order valence-corrected chi connectivity index (χ4v) is 2.17. The van der Waals surface area contributed by atoms with Crippen molar-refractivity contribution in [2.45, 2.75) is 19.9 Å². The van der Waals surface area contributed by atoms with E-state index in [1.807, 2.05) is 19.9 Å². The van der Waals surface area contributed by atoms with Crippen LogP contribution in [-0.4, -0.2) is 41.7 Å². The molecule has 2 rings (SSSR count). The zero-order valence-electron chi connectivity index (χ0n) is 14.5. The number of nitriles is 1. The van der Waals surface area contributed by atoms with Crippen LogP contribution in [0, 0.1) is 11.3 Å². The molecule has 25 heavy (non-hydrogen) atoms. The van der Waals surface area contributed by atoms with E-state index in [0.29, 0.717) is 11.5 Å². The molecule has 0 saturated heterocycles. The Kier molecular flexibility index (Phi) is 5.39. The average molecular weight is 341 g/mol. The summed E-state index contributed by atoms with van der Waals surface area (Å²) < 4.78 is 11.6. The minimum absolute atomic E-state index is 0.0115. The first-order valence-electron chi connectivity index (χ1n) is 7.51. The average Bonchev–Trinajstić information content (AvgIpc) is 2.98. The van der Waals surface area contributed by atoms with Crippen molar-refractivity contribution in [3.05, 3.63) is 35.5 Å². The molecular weight excluding hydrogens is 322 g/mol. The smallest absolute Gasteiger partial charge is 0.233 e. The summed E-state index contributed by atoms with van der Waals surface area (Å²) in [5, 5.41) is 13.1. The number of nitrogens with two attached hydrogens (primary N) is 1. The maximum atomic E-state index is 13.1. The highest BCUT2D eigenvalue weighted by Crippen LogP contribution is 2.26. The monoisotopic (exact) mass is 341 g/mol. The molecule has 1 aromatic carbocycles. The lowest BCUT2D eigenvalue weighted by Gasteiger charge is -2.13. The SMILES string of the molecule is COc1ccc(C(=O)/C(=N\C(C)C)n2ncc(C#N)c2N)c(OC)c1. The molecule has 2 aromatic rings. The normalized spacial score (nSPS) is 11.3. The number of nitrogen functional groups attached to an aromatic ring is 1. The first-order valence-corrected chi connectivity index (χ1v) is 7.51. The second-order valence-electron chi connectivity index (χ2n) is 5.41. The Labute approximate surface area is 145 Å². The van der Waals surface area contributed by atoms with Crippen LogP contribution in [0.5, 0.6) is 11.5 Å². The summed E-state index contributed by atoms with van der Waals surface area (Å²) in [7, 11) is 2.98. The van der Waals surface area contributed by atoms with Crippen molar-refractivity contribution in [1.82, 2.24) is 9.78 Å². The van der Waals surface area contributed by atoms with Gasteiger partial charge in [-0.15, -0.1) is 0 Å². The summed E-state index contributed by atoms with van der Waals surface area (Å²) in [5.41, 5.74) is 6.38. The third-order valence-corrected chi connectivity index (χ3v) is 3.36. The summed E-state index contributed by atoms with van der Waals surface area (Å²) >= 11 is 0. The molecular formula is C17H19N5O3. The van der Waals surface area contributed by atoms with E-state index in [1.54, 1.807) is 18.2 Å². The van der Waals surface area contributed by atoms with E-state index in [-0.39, 0.29) is 28.8 Å². The van der Waals surface area contributed by atoms with Crippen LogP contribution in [0.3, 0.4) is 0 Å². The second-order valence-corrected chi connectivity index (χ2v) is 5.41. The van der Waals surface area contributed by atoms with Gasteiger partial charge in [-0.2, -0.15) is 15.0 Å². The number of ketones is 1. The molecule has 0 bridgehead atoms. The number of aromatic nitrogens is 2. The van der Waals surface area contributed by atoms with E-state index in [9.17, 15) is 4.79 Å².